The second kappa shape index (κ2) is 3.22. The van der Waals surface area contributed by atoms with Gasteiger partial charge in [0.05, 0.1) is 21.1 Å². The molecule has 0 saturated carbocycles. The maximum atomic E-state index is 10.0. The summed E-state index contributed by atoms with van der Waals surface area (Å²) in [6, 6.07) is 0. The number of nitrogens with two attached hydrogens (primary N) is 1. The number of ether oxygens (including phenoxy) is 1. The van der Waals surface area contributed by atoms with Crippen LogP contribution in [0.1, 0.15) is 0 Å². The number of carbonyl (C=O) groups is 1. The Morgan fingerprint density at radius 1 is 1.50 bits per heavy atom. The number of carbonyl (C=O) groups excluding carboxylic acids is 1. The summed E-state index contributed by atoms with van der Waals surface area (Å²) in [5.74, 6) is 0. The van der Waals surface area contributed by atoms with Gasteiger partial charge in [0.1, 0.15) is 12.5 Å². The SMILES string of the molecule is C[N+](C)(C)C=COC(N)=O. The average Bonchev–Trinajstić information content (AvgIpc) is 1.59. The van der Waals surface area contributed by atoms with E-state index < -0.39 is 6.09 Å². The number of amides is 1. The second-order valence-electron chi connectivity index (χ2n) is 2.84. The van der Waals surface area contributed by atoms with Gasteiger partial charge in [0.2, 0.25) is 0 Å². The highest BCUT2D eigenvalue weighted by molar-refractivity contribution is 5.65. The third kappa shape index (κ3) is 6.97. The van der Waals surface area contributed by atoms with E-state index in [9.17, 15) is 4.79 Å². The summed E-state index contributed by atoms with van der Waals surface area (Å²) < 4.78 is 4.95. The Morgan fingerprint density at radius 3 is 2.30 bits per heavy atom. The molecule has 58 valence electrons. The third-order valence-electron chi connectivity index (χ3n) is 0.692. The fraction of sp³-hybridized carbons (Fsp3) is 0.500. The first-order chi connectivity index (χ1) is 4.42. The minimum absolute atomic E-state index is 0.591. The first-order valence-corrected chi connectivity index (χ1v) is 2.87. The lowest BCUT2D eigenvalue weighted by Gasteiger charge is -2.16. The first kappa shape index (κ1) is 8.97. The summed E-state index contributed by atoms with van der Waals surface area (Å²) in [4.78, 5) is 10.0. The average molecular weight is 145 g/mol. The van der Waals surface area contributed by atoms with Crippen LogP contribution in [0, 0.1) is 0 Å². The molecule has 10 heavy (non-hydrogen) atoms. The molecule has 4 heteroatoms. The summed E-state index contributed by atoms with van der Waals surface area (Å²) >= 11 is 0. The zero-order valence-electron chi connectivity index (χ0n) is 6.50. The number of quaternary nitrogens is 1. The van der Waals surface area contributed by atoms with Gasteiger partial charge in [-0.1, -0.05) is 0 Å². The summed E-state index contributed by atoms with van der Waals surface area (Å²) in [6.07, 6.45) is 2.19. The van der Waals surface area contributed by atoms with Crippen LogP contribution < -0.4 is 5.73 Å². The van der Waals surface area contributed by atoms with Gasteiger partial charge < -0.3 is 15.0 Å². The highest BCUT2D eigenvalue weighted by atomic mass is 16.5. The molecule has 1 amide bonds. The molecule has 0 aromatic carbocycles. The van der Waals surface area contributed by atoms with Crippen molar-refractivity contribution in [2.75, 3.05) is 21.1 Å². The third-order valence-corrected chi connectivity index (χ3v) is 0.692. The molecular formula is C6H13N2O2+. The molecule has 0 aliphatic rings. The number of hydrogen-bond donors (Lipinski definition) is 1. The zero-order chi connectivity index (χ0) is 8.20. The molecule has 0 radical (unpaired) electrons. The largest absolute Gasteiger partial charge is 0.413 e. The van der Waals surface area contributed by atoms with Crippen molar-refractivity contribution in [2.24, 2.45) is 5.73 Å². The molecule has 0 unspecified atom stereocenters. The minimum atomic E-state index is -0.787. The van der Waals surface area contributed by atoms with Gasteiger partial charge in [0, 0.05) is 0 Å². The lowest BCUT2D eigenvalue weighted by molar-refractivity contribution is -0.817. The number of hydrogen-bond acceptors (Lipinski definition) is 2. The van der Waals surface area contributed by atoms with E-state index in [1.165, 1.54) is 6.26 Å². The van der Waals surface area contributed by atoms with Crippen molar-refractivity contribution in [2.45, 2.75) is 0 Å². The lowest BCUT2D eigenvalue weighted by Crippen LogP contribution is -2.27. The fourth-order valence-corrected chi connectivity index (χ4v) is 0.280. The molecule has 0 bridgehead atoms. The smallest absolute Gasteiger partial charge is 0.409 e. The Kier molecular flexibility index (Phi) is 2.89. The summed E-state index contributed by atoms with van der Waals surface area (Å²) in [5.41, 5.74) is 4.70. The Bertz CT molecular complexity index is 146. The van der Waals surface area contributed by atoms with Crippen LogP contribution in [0.3, 0.4) is 0 Å². The first-order valence-electron chi connectivity index (χ1n) is 2.87. The van der Waals surface area contributed by atoms with Crippen LogP contribution in [0.25, 0.3) is 0 Å². The van der Waals surface area contributed by atoms with Crippen molar-refractivity contribution in [3.8, 4) is 0 Å². The molecule has 0 saturated heterocycles. The standard InChI is InChI=1S/C6H12N2O2/c1-8(2,3)4-5-10-6(7)9/h4-5H,1-3H3,(H-,7,9)/p+1. The van der Waals surface area contributed by atoms with Crippen molar-refractivity contribution in [3.05, 3.63) is 12.5 Å². The van der Waals surface area contributed by atoms with Crippen LogP contribution in [-0.2, 0) is 4.74 Å². The van der Waals surface area contributed by atoms with Crippen LogP contribution in [0.5, 0.6) is 0 Å². The van der Waals surface area contributed by atoms with Crippen LogP contribution in [-0.4, -0.2) is 31.7 Å². The summed E-state index contributed by atoms with van der Waals surface area (Å²) in [7, 11) is 5.79. The number of rotatable bonds is 2. The monoisotopic (exact) mass is 145 g/mol. The molecule has 0 heterocycles. The van der Waals surface area contributed by atoms with E-state index in [2.05, 4.69) is 4.74 Å². The van der Waals surface area contributed by atoms with Gasteiger partial charge in [-0.05, 0) is 0 Å². The highest BCUT2D eigenvalue weighted by Crippen LogP contribution is 1.90. The quantitative estimate of drug-likeness (QED) is 0.447. The van der Waals surface area contributed by atoms with E-state index in [-0.39, 0.29) is 0 Å². The predicted molar refractivity (Wildman–Crippen MR) is 37.8 cm³/mol. The highest BCUT2D eigenvalue weighted by Gasteiger charge is 1.99. The van der Waals surface area contributed by atoms with E-state index in [4.69, 9.17) is 5.73 Å². The van der Waals surface area contributed by atoms with Gasteiger partial charge in [-0.25, -0.2) is 4.79 Å². The topological polar surface area (TPSA) is 52.3 Å². The molecule has 0 aromatic heterocycles. The van der Waals surface area contributed by atoms with Crippen molar-refractivity contribution in [1.82, 2.24) is 0 Å². The Morgan fingerprint density at radius 2 is 2.00 bits per heavy atom. The van der Waals surface area contributed by atoms with Crippen molar-refractivity contribution in [3.63, 3.8) is 0 Å². The lowest BCUT2D eigenvalue weighted by atomic mass is 10.7. The molecule has 4 nitrogen and oxygen atoms in total. The molecule has 0 aromatic rings. The molecular weight excluding hydrogens is 132 g/mol. The Labute approximate surface area is 60.5 Å². The molecule has 0 fully saturated rings. The fourth-order valence-electron chi connectivity index (χ4n) is 0.280. The van der Waals surface area contributed by atoms with Gasteiger partial charge >= 0.3 is 6.09 Å². The molecule has 2 N–H and O–H groups in total. The second-order valence-corrected chi connectivity index (χ2v) is 2.84. The Balaban J connectivity index is 3.67. The molecule has 0 atom stereocenters. The number of primary amides is 1. The van der Waals surface area contributed by atoms with Crippen molar-refractivity contribution in [1.29, 1.82) is 0 Å². The van der Waals surface area contributed by atoms with E-state index in [1.807, 2.05) is 21.1 Å². The van der Waals surface area contributed by atoms with E-state index >= 15 is 0 Å². The van der Waals surface area contributed by atoms with Crippen LogP contribution in [0.2, 0.25) is 0 Å². The maximum Gasteiger partial charge on any atom is 0.409 e. The normalized spacial score (nSPS) is 11.9. The van der Waals surface area contributed by atoms with Crippen LogP contribution >= 0.6 is 0 Å². The predicted octanol–water partition coefficient (Wildman–Crippen LogP) is 0.259. The Hall–Kier alpha value is -1.03. The maximum absolute atomic E-state index is 10.0. The van der Waals surface area contributed by atoms with Crippen molar-refractivity contribution < 1.29 is 14.0 Å². The van der Waals surface area contributed by atoms with E-state index in [1.54, 1.807) is 6.20 Å². The van der Waals surface area contributed by atoms with Crippen LogP contribution in [0.15, 0.2) is 12.5 Å². The summed E-state index contributed by atoms with van der Waals surface area (Å²) in [6.45, 7) is 0. The van der Waals surface area contributed by atoms with Crippen molar-refractivity contribution >= 4 is 6.09 Å². The van der Waals surface area contributed by atoms with Gasteiger partial charge in [0.25, 0.3) is 0 Å². The van der Waals surface area contributed by atoms with E-state index in [0.29, 0.717) is 4.48 Å². The minimum Gasteiger partial charge on any atom is -0.413 e. The van der Waals surface area contributed by atoms with Gasteiger partial charge in [-0.2, -0.15) is 0 Å². The van der Waals surface area contributed by atoms with Crippen LogP contribution in [0.4, 0.5) is 4.79 Å². The van der Waals surface area contributed by atoms with Gasteiger partial charge in [0.15, 0.2) is 0 Å². The molecule has 0 aliphatic heterocycles. The molecule has 0 rings (SSSR count). The van der Waals surface area contributed by atoms with E-state index in [0.717, 1.165) is 0 Å². The molecule has 0 spiro atoms. The number of nitrogens with zero attached hydrogens (tertiary/aromatic N) is 1. The van der Waals surface area contributed by atoms with Gasteiger partial charge in [-0.15, -0.1) is 0 Å². The zero-order valence-corrected chi connectivity index (χ0v) is 6.50. The van der Waals surface area contributed by atoms with Gasteiger partial charge in [-0.3, -0.25) is 0 Å². The summed E-state index contributed by atoms with van der Waals surface area (Å²) in [5, 5.41) is 0. The molecule has 0 aliphatic carbocycles.